The lowest BCUT2D eigenvalue weighted by molar-refractivity contribution is 0.363. The fourth-order valence-electron chi connectivity index (χ4n) is 1.02. The largest absolute Gasteiger partial charge is 0.440 e. The molecule has 1 unspecified atom stereocenters. The summed E-state index contributed by atoms with van der Waals surface area (Å²) in [6, 6.07) is 0. The van der Waals surface area contributed by atoms with E-state index in [9.17, 15) is 4.80 Å². The third-order valence-electron chi connectivity index (χ3n) is 1.49. The molecule has 0 aliphatic rings. The molecule has 13 heavy (non-hydrogen) atoms. The molecule has 1 N–H and O–H groups in total. The molecule has 0 amide bonds. The van der Waals surface area contributed by atoms with Crippen LogP contribution in [-0.4, -0.2) is 39.5 Å². The maximum absolute atomic E-state index is 9.72. The van der Waals surface area contributed by atoms with Crippen LogP contribution in [0.15, 0.2) is 0 Å². The van der Waals surface area contributed by atoms with Gasteiger partial charge in [-0.15, -0.1) is 0 Å². The van der Waals surface area contributed by atoms with Crippen molar-refractivity contribution in [3.05, 3.63) is 0 Å². The van der Waals surface area contributed by atoms with Crippen LogP contribution in [0.4, 0.5) is 0 Å². The fourth-order valence-corrected chi connectivity index (χ4v) is 15.1. The third kappa shape index (κ3) is 6.77. The predicted molar refractivity (Wildman–Crippen MR) is 66.8 cm³/mol. The van der Waals surface area contributed by atoms with Crippen molar-refractivity contribution >= 4 is 34.7 Å². The van der Waals surface area contributed by atoms with E-state index in [-0.39, 0.29) is 0 Å². The molecule has 0 aromatic rings. The third-order valence-corrected chi connectivity index (χ3v) is 14.7. The Labute approximate surface area is 87.3 Å². The van der Waals surface area contributed by atoms with Gasteiger partial charge in [0.1, 0.15) is 0 Å². The first-order valence-corrected chi connectivity index (χ1v) is 16.3. The van der Waals surface area contributed by atoms with Gasteiger partial charge >= 0.3 is 8.56 Å². The van der Waals surface area contributed by atoms with Crippen molar-refractivity contribution in [1.29, 1.82) is 0 Å². The summed E-state index contributed by atoms with van der Waals surface area (Å²) in [7, 11) is -5.84. The Balaban J connectivity index is 4.00. The van der Waals surface area contributed by atoms with Gasteiger partial charge in [-0.2, -0.15) is 0 Å². The van der Waals surface area contributed by atoms with Crippen LogP contribution in [-0.2, 0) is 8.23 Å². The summed E-state index contributed by atoms with van der Waals surface area (Å²) in [5, 5.41) is 0. The second-order valence-electron chi connectivity index (χ2n) is 4.32. The Morgan fingerprint density at radius 3 is 1.77 bits per heavy atom. The zero-order valence-electron chi connectivity index (χ0n) is 9.50. The molecule has 0 rings (SSSR count). The lowest BCUT2D eigenvalue weighted by atomic mass is 11.9. The Bertz CT molecular complexity index is 151. The maximum Gasteiger partial charge on any atom is 0.312 e. The number of hydrogen-bond acceptors (Lipinski definition) is 3. The van der Waals surface area contributed by atoms with E-state index in [1.54, 1.807) is 0 Å². The normalized spacial score (nSPS) is 15.5. The van der Waals surface area contributed by atoms with E-state index in [4.69, 9.17) is 8.23 Å². The SMILES string of the molecule is C[SiH](C)O[Si](C)(C)O[SiH](O)[SiH](C)C. The molecule has 0 aromatic heterocycles. The highest BCUT2D eigenvalue weighted by Crippen LogP contribution is 2.10. The molecule has 0 spiro atoms. The molecule has 7 heteroatoms. The van der Waals surface area contributed by atoms with E-state index < -0.39 is 34.7 Å². The van der Waals surface area contributed by atoms with Gasteiger partial charge in [-0.25, -0.2) is 0 Å². The van der Waals surface area contributed by atoms with Crippen LogP contribution >= 0.6 is 0 Å². The molecule has 0 radical (unpaired) electrons. The molecular weight excluding hydrogens is 232 g/mol. The lowest BCUT2D eigenvalue weighted by Crippen LogP contribution is -2.48. The molecule has 0 fully saturated rings. The summed E-state index contributed by atoms with van der Waals surface area (Å²) < 4.78 is 11.5. The van der Waals surface area contributed by atoms with Crippen molar-refractivity contribution < 1.29 is 13.0 Å². The Morgan fingerprint density at radius 2 is 1.46 bits per heavy atom. The van der Waals surface area contributed by atoms with Gasteiger partial charge in [0, 0.05) is 0 Å². The zero-order chi connectivity index (χ0) is 10.6. The van der Waals surface area contributed by atoms with E-state index in [2.05, 4.69) is 26.2 Å². The molecule has 3 nitrogen and oxygen atoms in total. The van der Waals surface area contributed by atoms with E-state index in [0.29, 0.717) is 0 Å². The molecule has 0 saturated heterocycles. The van der Waals surface area contributed by atoms with Crippen molar-refractivity contribution in [2.24, 2.45) is 0 Å². The molecule has 0 heterocycles. The second kappa shape index (κ2) is 5.59. The van der Waals surface area contributed by atoms with E-state index in [1.807, 2.05) is 13.1 Å². The van der Waals surface area contributed by atoms with Gasteiger partial charge in [-0.3, -0.25) is 0 Å². The van der Waals surface area contributed by atoms with Crippen molar-refractivity contribution in [2.45, 2.75) is 39.3 Å². The second-order valence-corrected chi connectivity index (χ2v) is 20.1. The highest BCUT2D eigenvalue weighted by Gasteiger charge is 2.31. The van der Waals surface area contributed by atoms with Crippen LogP contribution in [0.2, 0.25) is 39.3 Å². The quantitative estimate of drug-likeness (QED) is 0.726. The maximum atomic E-state index is 9.72. The van der Waals surface area contributed by atoms with Crippen LogP contribution in [0.3, 0.4) is 0 Å². The standard InChI is InChI=1S/C6H22O3Si4/c1-10(2)8-13(5,6)9-12(7)11(3)4/h7,10-12H,1-6H3. The Morgan fingerprint density at radius 1 is 1.00 bits per heavy atom. The van der Waals surface area contributed by atoms with Gasteiger partial charge < -0.3 is 13.0 Å². The molecule has 80 valence electrons. The van der Waals surface area contributed by atoms with E-state index >= 15 is 0 Å². The summed E-state index contributed by atoms with van der Waals surface area (Å²) in [4.78, 5) is 9.72. The Hall–Kier alpha value is 0.748. The minimum atomic E-state index is -1.98. The highest BCUT2D eigenvalue weighted by atomic mass is 29.2. The van der Waals surface area contributed by atoms with Crippen molar-refractivity contribution in [3.63, 3.8) is 0 Å². The first-order chi connectivity index (χ1) is 5.74. The topological polar surface area (TPSA) is 38.7 Å². The zero-order valence-corrected chi connectivity index (χ0v) is 14.0. The molecular formula is C6H22O3Si4. The minimum absolute atomic E-state index is 0.967. The number of hydrogen-bond donors (Lipinski definition) is 1. The van der Waals surface area contributed by atoms with Crippen LogP contribution < -0.4 is 0 Å². The molecule has 0 bridgehead atoms. The molecule has 0 aliphatic carbocycles. The first-order valence-electron chi connectivity index (χ1n) is 4.78. The average Bonchev–Trinajstić information content (AvgIpc) is 1.81. The minimum Gasteiger partial charge on any atom is -0.440 e. The van der Waals surface area contributed by atoms with E-state index in [0.717, 1.165) is 0 Å². The van der Waals surface area contributed by atoms with Gasteiger partial charge in [0.15, 0.2) is 9.04 Å². The Kier molecular flexibility index (Phi) is 5.91. The van der Waals surface area contributed by atoms with Crippen LogP contribution in [0.25, 0.3) is 0 Å². The van der Waals surface area contributed by atoms with Crippen molar-refractivity contribution in [3.8, 4) is 0 Å². The highest BCUT2D eigenvalue weighted by molar-refractivity contribution is 7.16. The van der Waals surface area contributed by atoms with E-state index in [1.165, 1.54) is 0 Å². The predicted octanol–water partition coefficient (Wildman–Crippen LogP) is 0.483. The molecule has 0 aliphatic heterocycles. The summed E-state index contributed by atoms with van der Waals surface area (Å²) in [5.41, 5.74) is 0. The van der Waals surface area contributed by atoms with Crippen LogP contribution in [0.5, 0.6) is 0 Å². The molecule has 0 aromatic carbocycles. The fraction of sp³-hybridized carbons (Fsp3) is 1.00. The monoisotopic (exact) mass is 254 g/mol. The lowest BCUT2D eigenvalue weighted by Gasteiger charge is -2.29. The van der Waals surface area contributed by atoms with Gasteiger partial charge in [0.05, 0.1) is 8.31 Å². The molecule has 0 saturated carbocycles. The van der Waals surface area contributed by atoms with Crippen molar-refractivity contribution in [1.82, 2.24) is 0 Å². The van der Waals surface area contributed by atoms with Gasteiger partial charge in [-0.1, -0.05) is 13.1 Å². The van der Waals surface area contributed by atoms with Crippen LogP contribution in [0.1, 0.15) is 0 Å². The van der Waals surface area contributed by atoms with Crippen LogP contribution in [0, 0.1) is 0 Å². The summed E-state index contributed by atoms with van der Waals surface area (Å²) in [6.07, 6.45) is 0. The summed E-state index contributed by atoms with van der Waals surface area (Å²) >= 11 is 0. The summed E-state index contributed by atoms with van der Waals surface area (Å²) in [5.74, 6) is 0. The summed E-state index contributed by atoms with van der Waals surface area (Å²) in [6.45, 7) is 12.6. The smallest absolute Gasteiger partial charge is 0.312 e. The van der Waals surface area contributed by atoms with Gasteiger partial charge in [0.25, 0.3) is 8.80 Å². The first kappa shape index (κ1) is 13.7. The molecule has 1 atom stereocenters. The van der Waals surface area contributed by atoms with Gasteiger partial charge in [0.2, 0.25) is 0 Å². The van der Waals surface area contributed by atoms with Crippen molar-refractivity contribution in [2.75, 3.05) is 0 Å². The van der Waals surface area contributed by atoms with Gasteiger partial charge in [-0.05, 0) is 26.2 Å². The number of rotatable bonds is 5. The average molecular weight is 255 g/mol.